The third kappa shape index (κ3) is 1.48. The average molecular weight is 214 g/mol. The van der Waals surface area contributed by atoms with Gasteiger partial charge in [0.25, 0.3) is 0 Å². The molecule has 1 aromatic carbocycles. The van der Waals surface area contributed by atoms with Crippen LogP contribution in [-0.4, -0.2) is 11.5 Å². The fraction of sp³-hybridized carbons (Fsp3) is 0.200. The van der Waals surface area contributed by atoms with Crippen LogP contribution in [0.1, 0.15) is 5.56 Å². The lowest BCUT2D eigenvalue weighted by atomic mass is 10.1. The van der Waals surface area contributed by atoms with Crippen LogP contribution in [0.15, 0.2) is 12.3 Å². The molecule has 2 nitrogen and oxygen atoms in total. The van der Waals surface area contributed by atoms with E-state index in [0.717, 1.165) is 0 Å². The molecule has 5 heteroatoms. The van der Waals surface area contributed by atoms with Crippen molar-refractivity contribution in [1.29, 1.82) is 0 Å². The van der Waals surface area contributed by atoms with Crippen molar-refractivity contribution in [3.05, 3.63) is 35.3 Å². The molecule has 0 saturated heterocycles. The second-order valence-corrected chi connectivity index (χ2v) is 3.26. The first-order valence-corrected chi connectivity index (χ1v) is 4.48. The van der Waals surface area contributed by atoms with Crippen molar-refractivity contribution >= 4 is 10.9 Å². The van der Waals surface area contributed by atoms with Crippen molar-refractivity contribution in [2.45, 2.75) is 6.42 Å². The first kappa shape index (κ1) is 10.0. The van der Waals surface area contributed by atoms with Gasteiger partial charge in [-0.2, -0.15) is 0 Å². The minimum atomic E-state index is -1.18. The Morgan fingerprint density at radius 3 is 2.60 bits per heavy atom. The van der Waals surface area contributed by atoms with Crippen molar-refractivity contribution < 1.29 is 13.2 Å². The highest BCUT2D eigenvalue weighted by molar-refractivity contribution is 5.84. The Labute approximate surface area is 83.9 Å². The van der Waals surface area contributed by atoms with Gasteiger partial charge < -0.3 is 10.7 Å². The van der Waals surface area contributed by atoms with Crippen molar-refractivity contribution in [3.63, 3.8) is 0 Å². The van der Waals surface area contributed by atoms with Gasteiger partial charge in [0.2, 0.25) is 0 Å². The summed E-state index contributed by atoms with van der Waals surface area (Å²) in [5.74, 6) is -3.01. The van der Waals surface area contributed by atoms with Gasteiger partial charge in [0, 0.05) is 17.6 Å². The van der Waals surface area contributed by atoms with Gasteiger partial charge in [0.1, 0.15) is 5.82 Å². The lowest BCUT2D eigenvalue weighted by molar-refractivity contribution is 0.505. The summed E-state index contributed by atoms with van der Waals surface area (Å²) >= 11 is 0. The van der Waals surface area contributed by atoms with E-state index in [1.165, 1.54) is 6.20 Å². The molecule has 2 aromatic rings. The van der Waals surface area contributed by atoms with Crippen molar-refractivity contribution in [1.82, 2.24) is 4.98 Å². The molecule has 0 fully saturated rings. The third-order valence-corrected chi connectivity index (χ3v) is 2.30. The molecule has 15 heavy (non-hydrogen) atoms. The molecule has 0 amide bonds. The molecule has 80 valence electrons. The van der Waals surface area contributed by atoms with E-state index in [1.54, 1.807) is 0 Å². The van der Waals surface area contributed by atoms with Gasteiger partial charge in [0.05, 0.1) is 5.52 Å². The molecule has 0 atom stereocenters. The van der Waals surface area contributed by atoms with Crippen LogP contribution in [0.2, 0.25) is 0 Å². The van der Waals surface area contributed by atoms with Crippen molar-refractivity contribution in [3.8, 4) is 0 Å². The van der Waals surface area contributed by atoms with Gasteiger partial charge in [-0.05, 0) is 18.5 Å². The largest absolute Gasteiger partial charge is 0.358 e. The number of hydrogen-bond donors (Lipinski definition) is 2. The maximum atomic E-state index is 13.4. The summed E-state index contributed by atoms with van der Waals surface area (Å²) < 4.78 is 39.6. The summed E-state index contributed by atoms with van der Waals surface area (Å²) in [7, 11) is 0. The Hall–Kier alpha value is -1.49. The normalized spacial score (nSPS) is 11.2. The van der Waals surface area contributed by atoms with Crippen LogP contribution in [-0.2, 0) is 6.42 Å². The summed E-state index contributed by atoms with van der Waals surface area (Å²) in [6, 6.07) is 0.528. The zero-order valence-corrected chi connectivity index (χ0v) is 7.78. The number of hydrogen-bond acceptors (Lipinski definition) is 1. The lowest BCUT2D eigenvalue weighted by Gasteiger charge is -2.00. The highest BCUT2D eigenvalue weighted by Crippen LogP contribution is 2.26. The molecule has 1 heterocycles. The highest BCUT2D eigenvalue weighted by Gasteiger charge is 2.16. The Kier molecular flexibility index (Phi) is 2.40. The van der Waals surface area contributed by atoms with Crippen molar-refractivity contribution in [2.24, 2.45) is 5.73 Å². The molecule has 1 aromatic heterocycles. The van der Waals surface area contributed by atoms with Gasteiger partial charge in [-0.25, -0.2) is 13.2 Å². The van der Waals surface area contributed by atoms with Crippen molar-refractivity contribution in [2.75, 3.05) is 6.54 Å². The highest BCUT2D eigenvalue weighted by atomic mass is 19.2. The summed E-state index contributed by atoms with van der Waals surface area (Å²) in [6.07, 6.45) is 1.82. The van der Waals surface area contributed by atoms with E-state index in [1.807, 2.05) is 0 Å². The standard InChI is InChI=1S/C10H9F3N2/c11-6-3-7(12)10-8(9(6)13)5(1-2-14)4-15-10/h3-4,15H,1-2,14H2. The number of halogens is 3. The first-order valence-electron chi connectivity index (χ1n) is 4.48. The summed E-state index contributed by atoms with van der Waals surface area (Å²) in [4.78, 5) is 2.57. The van der Waals surface area contributed by atoms with Gasteiger partial charge in [0.15, 0.2) is 11.6 Å². The number of nitrogens with two attached hydrogens (primary N) is 1. The van der Waals surface area contributed by atoms with Gasteiger partial charge in [-0.1, -0.05) is 0 Å². The predicted octanol–water partition coefficient (Wildman–Crippen LogP) is 2.09. The Morgan fingerprint density at radius 2 is 1.93 bits per heavy atom. The fourth-order valence-electron chi connectivity index (χ4n) is 1.62. The van der Waals surface area contributed by atoms with E-state index in [9.17, 15) is 13.2 Å². The topological polar surface area (TPSA) is 41.8 Å². The summed E-state index contributed by atoms with van der Waals surface area (Å²) in [5.41, 5.74) is 5.79. The number of aromatic nitrogens is 1. The SMILES string of the molecule is NCCc1c[nH]c2c(F)cc(F)c(F)c12. The van der Waals surface area contributed by atoms with E-state index in [2.05, 4.69) is 4.98 Å². The minimum Gasteiger partial charge on any atom is -0.358 e. The minimum absolute atomic E-state index is 0.0163. The van der Waals surface area contributed by atoms with E-state index in [-0.39, 0.29) is 10.9 Å². The van der Waals surface area contributed by atoms with Crippen LogP contribution in [0, 0.1) is 17.5 Å². The van der Waals surface area contributed by atoms with Crippen LogP contribution in [0.3, 0.4) is 0 Å². The quantitative estimate of drug-likeness (QED) is 0.738. The average Bonchev–Trinajstić information content (AvgIpc) is 2.60. The molecule has 0 saturated carbocycles. The molecular weight excluding hydrogens is 205 g/mol. The number of H-pyrrole nitrogens is 1. The van der Waals surface area contributed by atoms with E-state index in [0.29, 0.717) is 24.6 Å². The number of benzene rings is 1. The molecular formula is C10H9F3N2. The molecule has 2 rings (SSSR count). The van der Waals surface area contributed by atoms with Crippen LogP contribution in [0.25, 0.3) is 10.9 Å². The van der Waals surface area contributed by atoms with Gasteiger partial charge in [-0.15, -0.1) is 0 Å². The second-order valence-electron chi connectivity index (χ2n) is 3.26. The molecule has 0 radical (unpaired) electrons. The number of nitrogens with one attached hydrogen (secondary N) is 1. The summed E-state index contributed by atoms with van der Waals surface area (Å²) in [6.45, 7) is 0.296. The maximum absolute atomic E-state index is 13.4. The van der Waals surface area contributed by atoms with Gasteiger partial charge in [-0.3, -0.25) is 0 Å². The summed E-state index contributed by atoms with van der Waals surface area (Å²) in [5, 5.41) is -0.0436. The van der Waals surface area contributed by atoms with Crippen LogP contribution >= 0.6 is 0 Å². The fourth-order valence-corrected chi connectivity index (χ4v) is 1.62. The number of aromatic amines is 1. The number of fused-ring (bicyclic) bond motifs is 1. The third-order valence-electron chi connectivity index (χ3n) is 2.30. The lowest BCUT2D eigenvalue weighted by Crippen LogP contribution is -2.02. The molecule has 0 aliphatic heterocycles. The zero-order chi connectivity index (χ0) is 11.0. The Balaban J connectivity index is 2.77. The molecule has 0 unspecified atom stereocenters. The van der Waals surface area contributed by atoms with Crippen LogP contribution < -0.4 is 5.73 Å². The molecule has 0 aliphatic carbocycles. The monoisotopic (exact) mass is 214 g/mol. The smallest absolute Gasteiger partial charge is 0.168 e. The second kappa shape index (κ2) is 3.58. The van der Waals surface area contributed by atoms with E-state index in [4.69, 9.17) is 5.73 Å². The van der Waals surface area contributed by atoms with Crippen LogP contribution in [0.4, 0.5) is 13.2 Å². The molecule has 0 spiro atoms. The first-order chi connectivity index (χ1) is 7.15. The van der Waals surface area contributed by atoms with E-state index >= 15 is 0 Å². The number of rotatable bonds is 2. The predicted molar refractivity (Wildman–Crippen MR) is 50.9 cm³/mol. The molecule has 3 N–H and O–H groups in total. The molecule has 0 bridgehead atoms. The Bertz CT molecular complexity index is 505. The van der Waals surface area contributed by atoms with E-state index < -0.39 is 17.5 Å². The zero-order valence-electron chi connectivity index (χ0n) is 7.78. The molecule has 0 aliphatic rings. The van der Waals surface area contributed by atoms with Gasteiger partial charge >= 0.3 is 0 Å². The Morgan fingerprint density at radius 1 is 1.20 bits per heavy atom. The van der Waals surface area contributed by atoms with Crippen LogP contribution in [0.5, 0.6) is 0 Å². The maximum Gasteiger partial charge on any atom is 0.168 e.